The molecule has 0 bridgehead atoms. The molecule has 0 aromatic heterocycles. The highest BCUT2D eigenvalue weighted by molar-refractivity contribution is 5.89. The maximum Gasteiger partial charge on any atom is 0.160 e. The second-order valence-electron chi connectivity index (χ2n) is 10.6. The fourth-order valence-electron chi connectivity index (χ4n) is 5.12. The zero-order chi connectivity index (χ0) is 34.9. The summed E-state index contributed by atoms with van der Waals surface area (Å²) in [7, 11) is 3.85. The van der Waals surface area contributed by atoms with E-state index in [1.165, 1.54) is 0 Å². The van der Waals surface area contributed by atoms with Gasteiger partial charge in [-0.15, -0.1) is 0 Å². The number of hydrogen-bond acceptors (Lipinski definition) is 7. The Bertz CT molecular complexity index is 1990. The lowest BCUT2D eigenvalue weighted by molar-refractivity contribution is 0.606. The summed E-state index contributed by atoms with van der Waals surface area (Å²) in [5.74, 6) is -0.256. The van der Waals surface area contributed by atoms with Crippen molar-refractivity contribution in [2.24, 2.45) is 10.9 Å². The molecule has 8 nitrogen and oxygen atoms in total. The third kappa shape index (κ3) is 8.81. The van der Waals surface area contributed by atoms with Crippen LogP contribution >= 0.6 is 0 Å². The molecule has 8 heteroatoms. The van der Waals surface area contributed by atoms with E-state index in [0.29, 0.717) is 36.0 Å². The maximum absolute atomic E-state index is 10.0. The van der Waals surface area contributed by atoms with E-state index < -0.39 is 5.92 Å². The number of amidine groups is 1. The normalized spacial score (nSPS) is 14.5. The standard InChI is InChI=1S/C40H32N8/c1-4-37(48(2)3)47-40-31(17-11-19-33(23-41)38(35(25-43)26-44)29-13-7-5-8-14-29)21-22-32(40)18-12-20-34(24-42)39(36(27-45)28-46)30-15-9-6-10-16-30/h5-20,35H,4,21-22H2,1-3H3/b18-12+,19-11+,31-17+,34-20+,38-33-,47-37-. The fraction of sp³-hybridized carbons (Fsp3) is 0.175. The highest BCUT2D eigenvalue weighted by Crippen LogP contribution is 2.35. The van der Waals surface area contributed by atoms with Crippen molar-refractivity contribution in [1.82, 2.24) is 4.90 Å². The van der Waals surface area contributed by atoms with Crippen molar-refractivity contribution >= 4 is 17.0 Å². The molecular weight excluding hydrogens is 592 g/mol. The van der Waals surface area contributed by atoms with Gasteiger partial charge in [0.1, 0.15) is 23.5 Å². The topological polar surface area (TPSA) is 158 Å². The minimum Gasteiger partial charge on any atom is -0.366 e. The van der Waals surface area contributed by atoms with E-state index in [-0.39, 0.29) is 22.3 Å². The molecule has 0 heterocycles. The number of aliphatic imine (C=N–C) groups is 1. The molecule has 0 fully saturated rings. The third-order valence-corrected chi connectivity index (χ3v) is 7.43. The van der Waals surface area contributed by atoms with Crippen LogP contribution < -0.4 is 0 Å². The van der Waals surface area contributed by atoms with Crippen molar-refractivity contribution in [1.29, 1.82) is 31.6 Å². The molecule has 2 aromatic carbocycles. The van der Waals surface area contributed by atoms with Crippen LogP contribution in [0.3, 0.4) is 0 Å². The molecule has 48 heavy (non-hydrogen) atoms. The van der Waals surface area contributed by atoms with E-state index in [0.717, 1.165) is 22.7 Å². The van der Waals surface area contributed by atoms with Gasteiger partial charge < -0.3 is 4.90 Å². The zero-order valence-corrected chi connectivity index (χ0v) is 27.0. The quantitative estimate of drug-likeness (QED) is 0.112. The first-order chi connectivity index (χ1) is 23.4. The lowest BCUT2D eigenvalue weighted by Gasteiger charge is -2.15. The van der Waals surface area contributed by atoms with Crippen molar-refractivity contribution < 1.29 is 0 Å². The Morgan fingerprint density at radius 3 is 1.96 bits per heavy atom. The Morgan fingerprint density at radius 2 is 1.44 bits per heavy atom. The Labute approximate surface area is 282 Å². The predicted octanol–water partition coefficient (Wildman–Crippen LogP) is 8.03. The van der Waals surface area contributed by atoms with Crippen molar-refractivity contribution in [3.63, 3.8) is 0 Å². The van der Waals surface area contributed by atoms with Crippen molar-refractivity contribution in [2.75, 3.05) is 14.1 Å². The predicted molar refractivity (Wildman–Crippen MR) is 186 cm³/mol. The van der Waals surface area contributed by atoms with Crippen LogP contribution in [0.4, 0.5) is 0 Å². The lowest BCUT2D eigenvalue weighted by atomic mass is 9.90. The van der Waals surface area contributed by atoms with Crippen LogP contribution in [0.25, 0.3) is 11.1 Å². The maximum atomic E-state index is 10.0. The monoisotopic (exact) mass is 624 g/mol. The van der Waals surface area contributed by atoms with E-state index in [1.54, 1.807) is 72.8 Å². The SMILES string of the molecule is CC/C(=N/C1=C(/C=C/C=C(\C#N)C(=C(C#N)C#N)c2ccccc2)CC\C1=C/C=C/C(C#N)=C(\c1ccccc1)C(C#N)C#N)N(C)C. The Morgan fingerprint density at radius 1 is 0.812 bits per heavy atom. The zero-order valence-electron chi connectivity index (χ0n) is 27.0. The van der Waals surface area contributed by atoms with Gasteiger partial charge in [0, 0.05) is 31.7 Å². The minimum absolute atomic E-state index is 0.152. The molecule has 232 valence electrons. The number of rotatable bonds is 10. The van der Waals surface area contributed by atoms with Gasteiger partial charge in [-0.05, 0) is 47.3 Å². The van der Waals surface area contributed by atoms with Gasteiger partial charge in [0.2, 0.25) is 0 Å². The summed E-state index contributed by atoms with van der Waals surface area (Å²) in [4.78, 5) is 6.94. The van der Waals surface area contributed by atoms with Gasteiger partial charge in [0.15, 0.2) is 5.92 Å². The van der Waals surface area contributed by atoms with Gasteiger partial charge in [0.05, 0.1) is 41.1 Å². The molecule has 0 atom stereocenters. The second kappa shape index (κ2) is 18.1. The molecule has 0 radical (unpaired) electrons. The number of allylic oxidation sites excluding steroid dienone is 13. The first-order valence-corrected chi connectivity index (χ1v) is 15.1. The molecule has 3 rings (SSSR count). The van der Waals surface area contributed by atoms with Crippen molar-refractivity contribution in [2.45, 2.75) is 26.2 Å². The van der Waals surface area contributed by atoms with Gasteiger partial charge in [-0.3, -0.25) is 0 Å². The molecule has 2 aromatic rings. The average molecular weight is 625 g/mol. The second-order valence-corrected chi connectivity index (χ2v) is 10.6. The largest absolute Gasteiger partial charge is 0.366 e. The molecule has 0 amide bonds. The first kappa shape index (κ1) is 35.5. The third-order valence-electron chi connectivity index (χ3n) is 7.43. The molecule has 0 saturated carbocycles. The van der Waals surface area contributed by atoms with Crippen LogP contribution in [0.15, 0.2) is 136 Å². The molecule has 0 unspecified atom stereocenters. The summed E-state index contributed by atoms with van der Waals surface area (Å²) in [5, 5.41) is 58.5. The van der Waals surface area contributed by atoms with E-state index >= 15 is 0 Å². The number of hydrogen-bond donors (Lipinski definition) is 0. The highest BCUT2D eigenvalue weighted by Gasteiger charge is 2.21. The first-order valence-electron chi connectivity index (χ1n) is 15.1. The molecule has 0 saturated heterocycles. The number of benzene rings is 2. The van der Waals surface area contributed by atoms with Crippen LogP contribution in [0.5, 0.6) is 0 Å². The van der Waals surface area contributed by atoms with Gasteiger partial charge in [-0.1, -0.05) is 91.9 Å². The Kier molecular flexibility index (Phi) is 13.4. The van der Waals surface area contributed by atoms with E-state index in [9.17, 15) is 31.6 Å². The van der Waals surface area contributed by atoms with Crippen LogP contribution in [0, 0.1) is 73.9 Å². The summed E-state index contributed by atoms with van der Waals surface area (Å²) in [6, 6.07) is 29.9. The van der Waals surface area contributed by atoms with E-state index in [4.69, 9.17) is 4.99 Å². The van der Waals surface area contributed by atoms with Gasteiger partial charge in [0.25, 0.3) is 0 Å². The van der Waals surface area contributed by atoms with E-state index in [1.807, 2.05) is 74.5 Å². The molecule has 1 aliphatic carbocycles. The van der Waals surface area contributed by atoms with Gasteiger partial charge in [-0.2, -0.15) is 31.6 Å². The molecule has 0 aliphatic heterocycles. The summed E-state index contributed by atoms with van der Waals surface area (Å²) < 4.78 is 0. The highest BCUT2D eigenvalue weighted by atomic mass is 15.1. The Balaban J connectivity index is 2.14. The summed E-state index contributed by atoms with van der Waals surface area (Å²) >= 11 is 0. The molecule has 1 aliphatic rings. The summed E-state index contributed by atoms with van der Waals surface area (Å²) in [5.41, 5.74) is 4.70. The van der Waals surface area contributed by atoms with Crippen LogP contribution in [0.2, 0.25) is 0 Å². The minimum atomic E-state index is -1.11. The van der Waals surface area contributed by atoms with Crippen molar-refractivity contribution in [3.8, 4) is 36.4 Å². The van der Waals surface area contributed by atoms with E-state index in [2.05, 4.69) is 12.1 Å². The van der Waals surface area contributed by atoms with Gasteiger partial charge >= 0.3 is 0 Å². The smallest absolute Gasteiger partial charge is 0.160 e. The average Bonchev–Trinajstić information content (AvgIpc) is 3.50. The van der Waals surface area contributed by atoms with Crippen LogP contribution in [0.1, 0.15) is 37.3 Å². The molecular formula is C40H32N8. The molecule has 0 spiro atoms. The summed E-state index contributed by atoms with van der Waals surface area (Å²) in [6.45, 7) is 2.02. The number of nitriles is 6. The van der Waals surface area contributed by atoms with Gasteiger partial charge in [-0.25, -0.2) is 4.99 Å². The Hall–Kier alpha value is -6.97. The fourth-order valence-corrected chi connectivity index (χ4v) is 5.12. The molecule has 0 N–H and O–H groups in total. The van der Waals surface area contributed by atoms with Crippen LogP contribution in [-0.2, 0) is 0 Å². The van der Waals surface area contributed by atoms with Crippen molar-refractivity contribution in [3.05, 3.63) is 142 Å². The summed E-state index contributed by atoms with van der Waals surface area (Å²) in [6.07, 6.45) is 12.5. The number of nitrogens with zero attached hydrogens (tertiary/aromatic N) is 8. The van der Waals surface area contributed by atoms with Crippen LogP contribution in [-0.4, -0.2) is 24.8 Å². The lowest BCUT2D eigenvalue weighted by Crippen LogP contribution is -2.21.